The number of anilines is 1. The normalized spacial score (nSPS) is 30.9. The summed E-state index contributed by atoms with van der Waals surface area (Å²) in [6.45, 7) is 3.44. The average Bonchev–Trinajstić information content (AvgIpc) is 3.12. The lowest BCUT2D eigenvalue weighted by Crippen LogP contribution is -2.47. The van der Waals surface area contributed by atoms with Crippen LogP contribution in [-0.2, 0) is 14.8 Å². The molecule has 8 heteroatoms. The number of fused-ring (bicyclic) bond motifs is 1. The Morgan fingerprint density at radius 3 is 2.69 bits per heavy atom. The summed E-state index contributed by atoms with van der Waals surface area (Å²) in [5.41, 5.74) is 0. The van der Waals surface area contributed by atoms with Gasteiger partial charge in [0.05, 0.1) is 6.10 Å². The van der Waals surface area contributed by atoms with Gasteiger partial charge in [-0.05, 0) is 44.9 Å². The van der Waals surface area contributed by atoms with Crippen molar-refractivity contribution < 1.29 is 13.2 Å². The molecule has 2 aliphatic heterocycles. The van der Waals surface area contributed by atoms with Gasteiger partial charge in [0.25, 0.3) is 0 Å². The Kier molecular flexibility index (Phi) is 5.18. The Morgan fingerprint density at radius 2 is 1.96 bits per heavy atom. The molecule has 3 atom stereocenters. The van der Waals surface area contributed by atoms with E-state index in [1.165, 1.54) is 6.20 Å². The van der Waals surface area contributed by atoms with Gasteiger partial charge in [0.1, 0.15) is 10.7 Å². The molecule has 144 valence electrons. The molecule has 2 saturated heterocycles. The van der Waals surface area contributed by atoms with Gasteiger partial charge in [0.2, 0.25) is 10.0 Å². The molecule has 0 spiro atoms. The predicted molar refractivity (Wildman–Crippen MR) is 99.6 cm³/mol. The van der Waals surface area contributed by atoms with Crippen molar-refractivity contribution in [2.45, 2.75) is 42.7 Å². The molecule has 0 aromatic carbocycles. The fourth-order valence-electron chi connectivity index (χ4n) is 4.34. The summed E-state index contributed by atoms with van der Waals surface area (Å²) in [6.07, 6.45) is 6.39. The van der Waals surface area contributed by atoms with E-state index in [0.717, 1.165) is 51.2 Å². The second-order valence-corrected chi connectivity index (χ2v) is 9.57. The number of hydrogen-bond donors (Lipinski definition) is 1. The molecule has 1 aromatic heterocycles. The zero-order valence-electron chi connectivity index (χ0n) is 15.3. The molecule has 0 bridgehead atoms. The first kappa shape index (κ1) is 18.2. The summed E-state index contributed by atoms with van der Waals surface area (Å²) >= 11 is 0. The van der Waals surface area contributed by atoms with Crippen LogP contribution in [-0.4, -0.2) is 74.6 Å². The van der Waals surface area contributed by atoms with Crippen LogP contribution in [0.2, 0.25) is 0 Å². The second-order valence-electron chi connectivity index (χ2n) is 7.63. The molecular formula is C18H28N4O3S. The average molecular weight is 381 g/mol. The van der Waals surface area contributed by atoms with E-state index in [-0.39, 0.29) is 4.90 Å². The topological polar surface area (TPSA) is 74.8 Å². The molecule has 0 radical (unpaired) electrons. The molecule has 26 heavy (non-hydrogen) atoms. The third-order valence-electron chi connectivity index (χ3n) is 5.95. The zero-order chi connectivity index (χ0) is 18.1. The van der Waals surface area contributed by atoms with Crippen LogP contribution in [0.1, 0.15) is 25.7 Å². The number of hydrogen-bond acceptors (Lipinski definition) is 6. The highest BCUT2D eigenvalue weighted by molar-refractivity contribution is 7.89. The van der Waals surface area contributed by atoms with Crippen molar-refractivity contribution >= 4 is 15.8 Å². The molecule has 1 N–H and O–H groups in total. The van der Waals surface area contributed by atoms with Crippen LogP contribution in [0.25, 0.3) is 0 Å². The lowest BCUT2D eigenvalue weighted by atomic mass is 9.82. The van der Waals surface area contributed by atoms with Crippen LogP contribution >= 0.6 is 0 Å². The molecule has 3 fully saturated rings. The molecule has 1 aromatic rings. The maximum atomic E-state index is 12.8. The van der Waals surface area contributed by atoms with E-state index in [1.54, 1.807) is 16.4 Å². The van der Waals surface area contributed by atoms with Crippen LogP contribution in [0.3, 0.4) is 0 Å². The third kappa shape index (κ3) is 3.60. The zero-order valence-corrected chi connectivity index (χ0v) is 16.1. The van der Waals surface area contributed by atoms with E-state index < -0.39 is 10.0 Å². The maximum Gasteiger partial charge on any atom is 0.244 e. The quantitative estimate of drug-likeness (QED) is 0.851. The highest BCUT2D eigenvalue weighted by Crippen LogP contribution is 2.35. The largest absolute Gasteiger partial charge is 0.378 e. The number of piperazine rings is 1. The van der Waals surface area contributed by atoms with Crippen molar-refractivity contribution in [1.29, 1.82) is 0 Å². The molecule has 7 nitrogen and oxygen atoms in total. The minimum atomic E-state index is -3.45. The van der Waals surface area contributed by atoms with Crippen LogP contribution in [0.4, 0.5) is 5.82 Å². The van der Waals surface area contributed by atoms with Crippen molar-refractivity contribution in [1.82, 2.24) is 14.2 Å². The van der Waals surface area contributed by atoms with Gasteiger partial charge in [-0.1, -0.05) is 0 Å². The van der Waals surface area contributed by atoms with E-state index in [0.29, 0.717) is 31.2 Å². The Hall–Kier alpha value is -1.22. The van der Waals surface area contributed by atoms with Gasteiger partial charge in [0, 0.05) is 50.9 Å². The molecular weight excluding hydrogens is 352 g/mol. The first-order chi connectivity index (χ1) is 12.5. The number of nitrogens with zero attached hydrogens (tertiary/aromatic N) is 3. The van der Waals surface area contributed by atoms with E-state index >= 15 is 0 Å². The predicted octanol–water partition coefficient (Wildman–Crippen LogP) is 1.39. The second kappa shape index (κ2) is 7.42. The molecule has 3 heterocycles. The minimum Gasteiger partial charge on any atom is -0.378 e. The highest BCUT2D eigenvalue weighted by atomic mass is 32.2. The number of rotatable bonds is 4. The van der Waals surface area contributed by atoms with Crippen LogP contribution < -0.4 is 5.32 Å². The lowest BCUT2D eigenvalue weighted by Gasteiger charge is -2.33. The highest BCUT2D eigenvalue weighted by Gasteiger charge is 2.37. The summed E-state index contributed by atoms with van der Waals surface area (Å²) in [5.74, 6) is 1.29. The summed E-state index contributed by atoms with van der Waals surface area (Å²) < 4.78 is 32.9. The van der Waals surface area contributed by atoms with Gasteiger partial charge >= 0.3 is 0 Å². The van der Waals surface area contributed by atoms with Gasteiger partial charge in [0.15, 0.2) is 0 Å². The standard InChI is InChI=1S/C18H28N4O3S/c1-21-8-10-22(11-9-21)26(23,24)14-5-6-18(19-13-14)20-16-3-2-4-17-15(16)7-12-25-17/h5-6,13,15-17H,2-4,7-12H2,1H3,(H,19,20). The minimum absolute atomic E-state index is 0.276. The first-order valence-corrected chi connectivity index (χ1v) is 11.0. The number of pyridine rings is 1. The van der Waals surface area contributed by atoms with Crippen LogP contribution in [0, 0.1) is 5.92 Å². The molecule has 1 aliphatic carbocycles. The Balaban J connectivity index is 1.43. The van der Waals surface area contributed by atoms with Gasteiger partial charge in [-0.2, -0.15) is 4.31 Å². The molecule has 0 amide bonds. The molecule has 4 rings (SSSR count). The van der Waals surface area contributed by atoms with Gasteiger partial charge in [-0.25, -0.2) is 13.4 Å². The Labute approximate surface area is 155 Å². The SMILES string of the molecule is CN1CCN(S(=O)(=O)c2ccc(NC3CCCC4OCCC34)nc2)CC1. The van der Waals surface area contributed by atoms with Crippen molar-refractivity contribution in [3.63, 3.8) is 0 Å². The molecule has 3 aliphatic rings. The van der Waals surface area contributed by atoms with E-state index in [9.17, 15) is 8.42 Å². The van der Waals surface area contributed by atoms with E-state index in [1.807, 2.05) is 7.05 Å². The number of sulfonamides is 1. The van der Waals surface area contributed by atoms with E-state index in [4.69, 9.17) is 4.74 Å². The number of aromatic nitrogens is 1. The first-order valence-electron chi connectivity index (χ1n) is 9.57. The summed E-state index contributed by atoms with van der Waals surface area (Å²) in [7, 11) is -1.44. The van der Waals surface area contributed by atoms with Crippen molar-refractivity contribution in [2.75, 3.05) is 45.2 Å². The van der Waals surface area contributed by atoms with Gasteiger partial charge in [-0.15, -0.1) is 0 Å². The maximum absolute atomic E-state index is 12.8. The Bertz CT molecular complexity index is 716. The lowest BCUT2D eigenvalue weighted by molar-refractivity contribution is 0.0619. The van der Waals surface area contributed by atoms with Gasteiger partial charge in [-0.3, -0.25) is 0 Å². The third-order valence-corrected chi connectivity index (χ3v) is 7.83. The number of nitrogens with one attached hydrogen (secondary N) is 1. The summed E-state index contributed by atoms with van der Waals surface area (Å²) in [5, 5.41) is 3.51. The van der Waals surface area contributed by atoms with Crippen molar-refractivity contribution in [3.05, 3.63) is 18.3 Å². The summed E-state index contributed by atoms with van der Waals surface area (Å²) in [6, 6.07) is 3.83. The number of likely N-dealkylation sites (N-methyl/N-ethyl adjacent to an activating group) is 1. The van der Waals surface area contributed by atoms with Crippen molar-refractivity contribution in [2.24, 2.45) is 5.92 Å². The monoisotopic (exact) mass is 380 g/mol. The molecule has 3 unspecified atom stereocenters. The van der Waals surface area contributed by atoms with Crippen molar-refractivity contribution in [3.8, 4) is 0 Å². The fraction of sp³-hybridized carbons (Fsp3) is 0.722. The Morgan fingerprint density at radius 1 is 1.15 bits per heavy atom. The fourth-order valence-corrected chi connectivity index (χ4v) is 5.71. The van der Waals surface area contributed by atoms with Crippen LogP contribution in [0.15, 0.2) is 23.2 Å². The van der Waals surface area contributed by atoms with Gasteiger partial charge < -0.3 is 15.0 Å². The molecule has 1 saturated carbocycles. The smallest absolute Gasteiger partial charge is 0.244 e. The van der Waals surface area contributed by atoms with Crippen LogP contribution in [0.5, 0.6) is 0 Å². The summed E-state index contributed by atoms with van der Waals surface area (Å²) in [4.78, 5) is 6.81. The number of ether oxygens (including phenoxy) is 1. The van der Waals surface area contributed by atoms with E-state index in [2.05, 4.69) is 15.2 Å².